The molecule has 1 aliphatic heterocycles. The Morgan fingerprint density at radius 2 is 2.25 bits per heavy atom. The number of aryl methyl sites for hydroxylation is 1. The van der Waals surface area contributed by atoms with Crippen LogP contribution in [0.15, 0.2) is 29.1 Å². The monoisotopic (exact) mass is 345 g/mol. The van der Waals surface area contributed by atoms with Gasteiger partial charge in [-0.05, 0) is 61.5 Å². The molecule has 2 aromatic rings. The molecular weight excluding hydrogens is 322 g/mol. The quantitative estimate of drug-likeness (QED) is 0.724. The Hall–Kier alpha value is -1.92. The fraction of sp³-hybridized carbons (Fsp3) is 0.444. The minimum atomic E-state index is -0.0341. The summed E-state index contributed by atoms with van der Waals surface area (Å²) < 4.78 is 5.55. The highest BCUT2D eigenvalue weighted by Gasteiger charge is 2.15. The van der Waals surface area contributed by atoms with Crippen LogP contribution in [0, 0.1) is 6.92 Å². The van der Waals surface area contributed by atoms with E-state index in [0.29, 0.717) is 18.1 Å². The van der Waals surface area contributed by atoms with Crippen molar-refractivity contribution < 1.29 is 4.74 Å². The summed E-state index contributed by atoms with van der Waals surface area (Å²) in [6, 6.07) is 8.03. The van der Waals surface area contributed by atoms with Crippen LogP contribution < -0.4 is 16.2 Å². The Labute approximate surface area is 146 Å². The van der Waals surface area contributed by atoms with Crippen molar-refractivity contribution in [3.8, 4) is 0 Å². The second kappa shape index (κ2) is 7.77. The number of benzene rings is 1. The molecule has 2 heterocycles. The normalized spacial score (nSPS) is 17.1. The van der Waals surface area contributed by atoms with Gasteiger partial charge in [-0.3, -0.25) is 4.79 Å². The molecule has 0 spiro atoms. The van der Waals surface area contributed by atoms with Crippen LogP contribution in [0.4, 0.5) is 0 Å². The number of hydrogen-bond donors (Lipinski definition) is 3. The van der Waals surface area contributed by atoms with E-state index >= 15 is 0 Å². The zero-order chi connectivity index (χ0) is 16.9. The average molecular weight is 345 g/mol. The van der Waals surface area contributed by atoms with Crippen LogP contribution in [0.25, 0.3) is 10.9 Å². The predicted octanol–water partition coefficient (Wildman–Crippen LogP) is 2.02. The molecule has 0 saturated carbocycles. The number of pyridine rings is 1. The summed E-state index contributed by atoms with van der Waals surface area (Å²) in [5.41, 5.74) is 2.75. The van der Waals surface area contributed by atoms with Gasteiger partial charge >= 0.3 is 0 Å². The second-order valence-corrected chi connectivity index (χ2v) is 6.64. The van der Waals surface area contributed by atoms with Gasteiger partial charge in [0.05, 0.1) is 6.10 Å². The molecule has 0 unspecified atom stereocenters. The lowest BCUT2D eigenvalue weighted by Gasteiger charge is -2.14. The molecule has 1 fully saturated rings. The largest absolute Gasteiger partial charge is 0.376 e. The van der Waals surface area contributed by atoms with E-state index in [-0.39, 0.29) is 11.7 Å². The number of H-pyrrole nitrogens is 1. The molecule has 128 valence electrons. The molecule has 0 bridgehead atoms. The zero-order valence-electron chi connectivity index (χ0n) is 13.9. The number of ether oxygens (including phenoxy) is 1. The third kappa shape index (κ3) is 4.33. The minimum Gasteiger partial charge on any atom is -0.376 e. The highest BCUT2D eigenvalue weighted by atomic mass is 32.1. The van der Waals surface area contributed by atoms with Crippen LogP contribution in [-0.4, -0.2) is 35.9 Å². The number of hydrogen-bond acceptors (Lipinski definition) is 3. The van der Waals surface area contributed by atoms with Gasteiger partial charge in [0.25, 0.3) is 5.56 Å². The Bertz CT molecular complexity index is 781. The van der Waals surface area contributed by atoms with Crippen molar-refractivity contribution in [1.82, 2.24) is 15.6 Å². The minimum absolute atomic E-state index is 0.0341. The van der Waals surface area contributed by atoms with E-state index in [1.165, 1.54) is 0 Å². The molecule has 1 aliphatic rings. The first-order chi connectivity index (χ1) is 11.6. The smallest absolute Gasteiger partial charge is 0.251 e. The summed E-state index contributed by atoms with van der Waals surface area (Å²) in [6.45, 7) is 4.22. The fourth-order valence-electron chi connectivity index (χ4n) is 2.93. The van der Waals surface area contributed by atoms with E-state index < -0.39 is 0 Å². The van der Waals surface area contributed by atoms with Crippen LogP contribution in [-0.2, 0) is 11.2 Å². The van der Waals surface area contributed by atoms with Gasteiger partial charge < -0.3 is 20.4 Å². The summed E-state index contributed by atoms with van der Waals surface area (Å²) >= 11 is 5.26. The maximum atomic E-state index is 12.2. The molecule has 1 aromatic heterocycles. The highest BCUT2D eigenvalue weighted by Crippen LogP contribution is 2.13. The summed E-state index contributed by atoms with van der Waals surface area (Å²) in [5, 5.41) is 7.98. The number of nitrogens with one attached hydrogen (secondary N) is 3. The van der Waals surface area contributed by atoms with E-state index in [2.05, 4.69) is 15.6 Å². The fourth-order valence-corrected chi connectivity index (χ4v) is 3.12. The van der Waals surface area contributed by atoms with Crippen molar-refractivity contribution in [3.63, 3.8) is 0 Å². The maximum absolute atomic E-state index is 12.2. The SMILES string of the molecule is Cc1ccc2cc(CCNC(=S)NC[C@H]3CCCO3)c(=O)[nH]c2c1. The van der Waals surface area contributed by atoms with E-state index in [9.17, 15) is 4.79 Å². The van der Waals surface area contributed by atoms with Gasteiger partial charge in [-0.2, -0.15) is 0 Å². The average Bonchev–Trinajstić information content (AvgIpc) is 3.07. The maximum Gasteiger partial charge on any atom is 0.251 e. The van der Waals surface area contributed by atoms with E-state index in [1.807, 2.05) is 31.2 Å². The predicted molar refractivity (Wildman–Crippen MR) is 101 cm³/mol. The molecule has 1 aromatic carbocycles. The number of fused-ring (bicyclic) bond motifs is 1. The standard InChI is InChI=1S/C18H23N3O2S/c1-12-4-5-13-10-14(17(22)21-16(13)9-12)6-7-19-18(24)20-11-15-3-2-8-23-15/h4-5,9-10,15H,2-3,6-8,11H2,1H3,(H,21,22)(H2,19,20,24)/t15-/m1/s1. The number of thiocarbonyl (C=S) groups is 1. The van der Waals surface area contributed by atoms with Gasteiger partial charge in [-0.25, -0.2) is 0 Å². The summed E-state index contributed by atoms with van der Waals surface area (Å²) in [4.78, 5) is 15.1. The molecule has 1 saturated heterocycles. The molecular formula is C18H23N3O2S. The molecule has 5 nitrogen and oxygen atoms in total. The second-order valence-electron chi connectivity index (χ2n) is 6.24. The van der Waals surface area contributed by atoms with Gasteiger partial charge in [-0.1, -0.05) is 12.1 Å². The first-order valence-electron chi connectivity index (χ1n) is 8.38. The molecule has 6 heteroatoms. The number of rotatable bonds is 5. The van der Waals surface area contributed by atoms with E-state index in [0.717, 1.165) is 48.0 Å². The van der Waals surface area contributed by atoms with Gasteiger partial charge in [0, 0.05) is 30.8 Å². The van der Waals surface area contributed by atoms with E-state index in [4.69, 9.17) is 17.0 Å². The molecule has 0 amide bonds. The molecule has 24 heavy (non-hydrogen) atoms. The zero-order valence-corrected chi connectivity index (χ0v) is 14.7. The highest BCUT2D eigenvalue weighted by molar-refractivity contribution is 7.80. The van der Waals surface area contributed by atoms with Gasteiger partial charge in [-0.15, -0.1) is 0 Å². The van der Waals surface area contributed by atoms with Crippen LogP contribution in [0.2, 0.25) is 0 Å². The topological polar surface area (TPSA) is 66.2 Å². The first kappa shape index (κ1) is 16.9. The molecule has 1 atom stereocenters. The Morgan fingerprint density at radius 1 is 1.38 bits per heavy atom. The van der Waals surface area contributed by atoms with Crippen molar-refractivity contribution in [2.45, 2.75) is 32.3 Å². The lowest BCUT2D eigenvalue weighted by Crippen LogP contribution is -2.40. The van der Waals surface area contributed by atoms with Crippen molar-refractivity contribution in [2.24, 2.45) is 0 Å². The van der Waals surface area contributed by atoms with Crippen LogP contribution in [0.1, 0.15) is 24.0 Å². The lowest BCUT2D eigenvalue weighted by molar-refractivity contribution is 0.114. The van der Waals surface area contributed by atoms with E-state index in [1.54, 1.807) is 0 Å². The van der Waals surface area contributed by atoms with Crippen molar-refractivity contribution >= 4 is 28.2 Å². The van der Waals surface area contributed by atoms with Crippen molar-refractivity contribution in [2.75, 3.05) is 19.7 Å². The molecule has 3 N–H and O–H groups in total. The summed E-state index contributed by atoms with van der Waals surface area (Å²) in [5.74, 6) is 0. The summed E-state index contributed by atoms with van der Waals surface area (Å²) in [7, 11) is 0. The Kier molecular flexibility index (Phi) is 5.48. The van der Waals surface area contributed by atoms with Crippen LogP contribution in [0.3, 0.4) is 0 Å². The summed E-state index contributed by atoms with van der Waals surface area (Å²) in [6.07, 6.45) is 3.09. The van der Waals surface area contributed by atoms with Crippen LogP contribution in [0.5, 0.6) is 0 Å². The van der Waals surface area contributed by atoms with Crippen LogP contribution >= 0.6 is 12.2 Å². The van der Waals surface area contributed by atoms with Gasteiger partial charge in [0.1, 0.15) is 0 Å². The Balaban J connectivity index is 1.51. The number of aromatic nitrogens is 1. The van der Waals surface area contributed by atoms with Gasteiger partial charge in [0.15, 0.2) is 5.11 Å². The Morgan fingerprint density at radius 3 is 3.04 bits per heavy atom. The van der Waals surface area contributed by atoms with Crippen molar-refractivity contribution in [3.05, 3.63) is 45.7 Å². The molecule has 0 aliphatic carbocycles. The third-order valence-electron chi connectivity index (χ3n) is 4.27. The van der Waals surface area contributed by atoms with Crippen molar-refractivity contribution in [1.29, 1.82) is 0 Å². The molecule has 3 rings (SSSR count). The third-order valence-corrected chi connectivity index (χ3v) is 4.56. The lowest BCUT2D eigenvalue weighted by atomic mass is 10.1. The van der Waals surface area contributed by atoms with Gasteiger partial charge in [0.2, 0.25) is 0 Å². The first-order valence-corrected chi connectivity index (χ1v) is 8.78. The molecule has 0 radical (unpaired) electrons. The number of aromatic amines is 1.